The summed E-state index contributed by atoms with van der Waals surface area (Å²) in [5.74, 6) is 0.321. The molecular weight excluding hydrogens is 302 g/mol. The average Bonchev–Trinajstić information content (AvgIpc) is 2.61. The number of amides is 1. The normalized spacial score (nSPS) is 17.2. The molecule has 0 fully saturated rings. The number of nitrogens with zero attached hydrogens (tertiary/aromatic N) is 3. The number of hydrogen-bond acceptors (Lipinski definition) is 4. The molecule has 0 saturated carbocycles. The fraction of sp³-hybridized carbons (Fsp3) is 0.211. The van der Waals surface area contributed by atoms with Gasteiger partial charge in [0.2, 0.25) is 11.9 Å². The molecule has 24 heavy (non-hydrogen) atoms. The van der Waals surface area contributed by atoms with E-state index in [0.717, 1.165) is 16.7 Å². The number of hydrogen-bond donors (Lipinski definition) is 0. The van der Waals surface area contributed by atoms with Gasteiger partial charge in [0, 0.05) is 6.20 Å². The van der Waals surface area contributed by atoms with Crippen LogP contribution in [0.5, 0.6) is 0 Å². The van der Waals surface area contributed by atoms with Gasteiger partial charge in [-0.15, -0.1) is 0 Å². The molecule has 1 aliphatic heterocycles. The highest BCUT2D eigenvalue weighted by Crippen LogP contribution is 2.19. The molecule has 0 aliphatic carbocycles. The molecule has 3 rings (SSSR count). The van der Waals surface area contributed by atoms with Crippen molar-refractivity contribution >= 4 is 17.8 Å². The van der Waals surface area contributed by atoms with Gasteiger partial charge < -0.3 is 4.84 Å². The Morgan fingerprint density at radius 1 is 1.29 bits per heavy atom. The predicted octanol–water partition coefficient (Wildman–Crippen LogP) is 3.14. The highest BCUT2D eigenvalue weighted by Gasteiger charge is 2.33. The lowest BCUT2D eigenvalue weighted by molar-refractivity contribution is -0.142. The third kappa shape index (κ3) is 3.06. The van der Waals surface area contributed by atoms with E-state index in [4.69, 9.17) is 4.84 Å². The minimum atomic E-state index is -0.606. The van der Waals surface area contributed by atoms with Crippen LogP contribution >= 0.6 is 0 Å². The number of aromatic nitrogens is 1. The van der Waals surface area contributed by atoms with Crippen LogP contribution in [0.2, 0.25) is 0 Å². The molecule has 1 atom stereocenters. The van der Waals surface area contributed by atoms with Gasteiger partial charge >= 0.3 is 0 Å². The van der Waals surface area contributed by atoms with E-state index in [-0.39, 0.29) is 5.91 Å². The van der Waals surface area contributed by atoms with Crippen molar-refractivity contribution in [3.63, 3.8) is 0 Å². The molecule has 5 heteroatoms. The standard InChI is InChI=1S/C19H19N3O2/c1-4-15-7-9-16(10-8-15)12-22-18(21-24-14(3)19(22)23)17-13(2)6-5-11-20-17/h4-11,14H,1,12H2,2-3H3. The van der Waals surface area contributed by atoms with E-state index in [1.54, 1.807) is 24.1 Å². The van der Waals surface area contributed by atoms with Crippen LogP contribution in [0.1, 0.15) is 29.3 Å². The lowest BCUT2D eigenvalue weighted by Gasteiger charge is -2.30. The summed E-state index contributed by atoms with van der Waals surface area (Å²) in [4.78, 5) is 23.9. The molecule has 1 aromatic heterocycles. The summed E-state index contributed by atoms with van der Waals surface area (Å²) in [5, 5.41) is 4.15. The van der Waals surface area contributed by atoms with Crippen LogP contribution in [-0.2, 0) is 16.2 Å². The van der Waals surface area contributed by atoms with Crippen LogP contribution in [0.25, 0.3) is 6.08 Å². The first kappa shape index (κ1) is 15.9. The predicted molar refractivity (Wildman–Crippen MR) is 93.1 cm³/mol. The number of benzene rings is 1. The monoisotopic (exact) mass is 321 g/mol. The number of aryl methyl sites for hydroxylation is 1. The highest BCUT2D eigenvalue weighted by atomic mass is 16.6. The van der Waals surface area contributed by atoms with E-state index in [2.05, 4.69) is 16.7 Å². The van der Waals surface area contributed by atoms with Gasteiger partial charge in [0.05, 0.1) is 6.54 Å². The maximum atomic E-state index is 12.6. The maximum absolute atomic E-state index is 12.6. The zero-order chi connectivity index (χ0) is 17.1. The maximum Gasteiger partial charge on any atom is 0.272 e. The van der Waals surface area contributed by atoms with Crippen molar-refractivity contribution in [1.82, 2.24) is 9.88 Å². The quantitative estimate of drug-likeness (QED) is 0.869. The Kier molecular flexibility index (Phi) is 4.42. The molecule has 1 unspecified atom stereocenters. The Balaban J connectivity index is 1.95. The first-order valence-corrected chi connectivity index (χ1v) is 7.78. The van der Waals surface area contributed by atoms with E-state index in [0.29, 0.717) is 18.1 Å². The van der Waals surface area contributed by atoms with Crippen LogP contribution in [0.4, 0.5) is 0 Å². The Hall–Kier alpha value is -2.95. The molecule has 2 aromatic rings. The molecule has 1 amide bonds. The Labute approximate surface area is 141 Å². The van der Waals surface area contributed by atoms with Gasteiger partial charge in [-0.2, -0.15) is 0 Å². The van der Waals surface area contributed by atoms with Crippen LogP contribution in [-0.4, -0.2) is 27.7 Å². The van der Waals surface area contributed by atoms with Crippen molar-refractivity contribution in [2.75, 3.05) is 0 Å². The van der Waals surface area contributed by atoms with Gasteiger partial charge in [0.25, 0.3) is 5.91 Å². The molecule has 1 aromatic carbocycles. The summed E-state index contributed by atoms with van der Waals surface area (Å²) >= 11 is 0. The molecule has 2 heterocycles. The van der Waals surface area contributed by atoms with Gasteiger partial charge in [-0.05, 0) is 36.6 Å². The van der Waals surface area contributed by atoms with Gasteiger partial charge in [0.1, 0.15) is 5.69 Å². The zero-order valence-corrected chi connectivity index (χ0v) is 13.8. The fourth-order valence-corrected chi connectivity index (χ4v) is 2.53. The van der Waals surface area contributed by atoms with Crippen molar-refractivity contribution in [2.45, 2.75) is 26.5 Å². The summed E-state index contributed by atoms with van der Waals surface area (Å²) in [6.45, 7) is 7.80. The Bertz CT molecular complexity index is 797. The first-order chi connectivity index (χ1) is 11.6. The molecule has 5 nitrogen and oxygen atoms in total. The lowest BCUT2D eigenvalue weighted by Crippen LogP contribution is -2.46. The van der Waals surface area contributed by atoms with Gasteiger partial charge in [0.15, 0.2) is 0 Å². The number of oxime groups is 1. The van der Waals surface area contributed by atoms with E-state index in [1.807, 2.05) is 43.3 Å². The summed E-state index contributed by atoms with van der Waals surface area (Å²) in [5.41, 5.74) is 3.63. The van der Waals surface area contributed by atoms with Crippen molar-refractivity contribution < 1.29 is 9.63 Å². The summed E-state index contributed by atoms with van der Waals surface area (Å²) in [7, 11) is 0. The second-order valence-electron chi connectivity index (χ2n) is 5.70. The van der Waals surface area contributed by atoms with Crippen LogP contribution < -0.4 is 0 Å². The van der Waals surface area contributed by atoms with Crippen LogP contribution in [0.15, 0.2) is 54.3 Å². The van der Waals surface area contributed by atoms with Gasteiger partial charge in [-0.25, -0.2) is 0 Å². The molecule has 0 N–H and O–H groups in total. The van der Waals surface area contributed by atoms with Gasteiger partial charge in [-0.1, -0.05) is 48.1 Å². The number of pyridine rings is 1. The number of amidine groups is 1. The summed E-state index contributed by atoms with van der Waals surface area (Å²) < 4.78 is 0. The Morgan fingerprint density at radius 3 is 2.71 bits per heavy atom. The van der Waals surface area contributed by atoms with E-state index < -0.39 is 6.10 Å². The molecule has 1 aliphatic rings. The molecule has 0 radical (unpaired) electrons. The zero-order valence-electron chi connectivity index (χ0n) is 13.8. The van der Waals surface area contributed by atoms with Crippen LogP contribution in [0.3, 0.4) is 0 Å². The SMILES string of the molecule is C=Cc1ccc(CN2C(=O)C(C)ON=C2c2ncccc2C)cc1. The molecule has 0 saturated heterocycles. The average molecular weight is 321 g/mol. The second-order valence-corrected chi connectivity index (χ2v) is 5.70. The topological polar surface area (TPSA) is 54.8 Å². The minimum Gasteiger partial charge on any atom is -0.381 e. The van der Waals surface area contributed by atoms with Crippen molar-refractivity contribution in [2.24, 2.45) is 5.16 Å². The van der Waals surface area contributed by atoms with Crippen molar-refractivity contribution in [1.29, 1.82) is 0 Å². The molecule has 122 valence electrons. The second kappa shape index (κ2) is 6.66. The lowest BCUT2D eigenvalue weighted by atomic mass is 10.1. The number of carbonyl (C=O) groups excluding carboxylic acids is 1. The molecule has 0 spiro atoms. The van der Waals surface area contributed by atoms with Crippen LogP contribution in [0, 0.1) is 6.92 Å². The van der Waals surface area contributed by atoms with Gasteiger partial charge in [-0.3, -0.25) is 14.7 Å². The molecular formula is C19H19N3O2. The summed E-state index contributed by atoms with van der Waals surface area (Å²) in [6, 6.07) is 11.7. The van der Waals surface area contributed by atoms with Crippen molar-refractivity contribution in [3.8, 4) is 0 Å². The van der Waals surface area contributed by atoms with E-state index in [9.17, 15) is 4.79 Å². The van der Waals surface area contributed by atoms with E-state index in [1.165, 1.54) is 0 Å². The fourth-order valence-electron chi connectivity index (χ4n) is 2.53. The minimum absolute atomic E-state index is 0.127. The number of rotatable bonds is 4. The first-order valence-electron chi connectivity index (χ1n) is 7.78. The highest BCUT2D eigenvalue weighted by molar-refractivity contribution is 6.09. The molecule has 0 bridgehead atoms. The smallest absolute Gasteiger partial charge is 0.272 e. The largest absolute Gasteiger partial charge is 0.381 e. The third-order valence-electron chi connectivity index (χ3n) is 3.94. The summed E-state index contributed by atoms with van der Waals surface area (Å²) in [6.07, 6.45) is 2.87. The van der Waals surface area contributed by atoms with Crippen molar-refractivity contribution in [3.05, 3.63) is 71.6 Å². The number of carbonyl (C=O) groups is 1. The van der Waals surface area contributed by atoms with E-state index >= 15 is 0 Å². The third-order valence-corrected chi connectivity index (χ3v) is 3.94. The Morgan fingerprint density at radius 2 is 2.04 bits per heavy atom.